The lowest BCUT2D eigenvalue weighted by molar-refractivity contribution is 0.479. The summed E-state index contributed by atoms with van der Waals surface area (Å²) in [5.41, 5.74) is 0.555. The highest BCUT2D eigenvalue weighted by molar-refractivity contribution is 6.30. The Labute approximate surface area is 98.0 Å². The average Bonchev–Trinajstić information content (AvgIpc) is 2.76. The summed E-state index contributed by atoms with van der Waals surface area (Å²) in [6, 6.07) is 8.20. The predicted octanol–water partition coefficient (Wildman–Crippen LogP) is 3.36. The number of halogens is 2. The molecule has 0 amide bonds. The Morgan fingerprint density at radius 2 is 2.12 bits per heavy atom. The van der Waals surface area contributed by atoms with Crippen molar-refractivity contribution in [1.82, 2.24) is 5.32 Å². The number of benzene rings is 1. The first-order chi connectivity index (χ1) is 7.75. The third kappa shape index (κ3) is 2.84. The highest BCUT2D eigenvalue weighted by Crippen LogP contribution is 2.14. The quantitative estimate of drug-likeness (QED) is 0.885. The van der Waals surface area contributed by atoms with Crippen molar-refractivity contribution >= 4 is 11.6 Å². The summed E-state index contributed by atoms with van der Waals surface area (Å²) in [6.45, 7) is 0.992. The van der Waals surface area contributed by atoms with E-state index < -0.39 is 0 Å². The zero-order chi connectivity index (χ0) is 11.4. The van der Waals surface area contributed by atoms with Gasteiger partial charge in [0.25, 0.3) is 0 Å². The molecular formula is C12H11ClFNO. The molecule has 1 heterocycles. The molecule has 0 atom stereocenters. The average molecular weight is 240 g/mol. The fourth-order valence-electron chi connectivity index (χ4n) is 1.41. The van der Waals surface area contributed by atoms with Crippen LogP contribution in [0.25, 0.3) is 0 Å². The lowest BCUT2D eigenvalue weighted by Crippen LogP contribution is -2.13. The maximum Gasteiger partial charge on any atom is 0.127 e. The van der Waals surface area contributed by atoms with Crippen LogP contribution >= 0.6 is 11.6 Å². The van der Waals surface area contributed by atoms with Gasteiger partial charge < -0.3 is 9.73 Å². The SMILES string of the molecule is Fc1ccc(Cl)cc1CNCc1ccco1. The van der Waals surface area contributed by atoms with E-state index in [4.69, 9.17) is 16.0 Å². The van der Waals surface area contributed by atoms with Crippen molar-refractivity contribution in [2.24, 2.45) is 0 Å². The molecule has 0 spiro atoms. The minimum atomic E-state index is -0.253. The molecule has 0 radical (unpaired) electrons. The largest absolute Gasteiger partial charge is 0.468 e. The van der Waals surface area contributed by atoms with Crippen LogP contribution in [-0.4, -0.2) is 0 Å². The zero-order valence-electron chi connectivity index (χ0n) is 8.54. The van der Waals surface area contributed by atoms with Crippen LogP contribution in [0.3, 0.4) is 0 Å². The number of furan rings is 1. The molecule has 4 heteroatoms. The third-order valence-corrected chi connectivity index (χ3v) is 2.44. The fourth-order valence-corrected chi connectivity index (χ4v) is 1.61. The fraction of sp³-hybridized carbons (Fsp3) is 0.167. The van der Waals surface area contributed by atoms with Crippen molar-refractivity contribution in [3.05, 3.63) is 58.8 Å². The molecule has 1 aromatic carbocycles. The van der Waals surface area contributed by atoms with Gasteiger partial charge >= 0.3 is 0 Å². The zero-order valence-corrected chi connectivity index (χ0v) is 9.30. The Balaban J connectivity index is 1.92. The van der Waals surface area contributed by atoms with Gasteiger partial charge in [0, 0.05) is 17.1 Å². The molecule has 0 aliphatic rings. The maximum atomic E-state index is 13.3. The lowest BCUT2D eigenvalue weighted by atomic mass is 10.2. The van der Waals surface area contributed by atoms with Crippen molar-refractivity contribution in [3.63, 3.8) is 0 Å². The van der Waals surface area contributed by atoms with Crippen LogP contribution in [0.4, 0.5) is 4.39 Å². The van der Waals surface area contributed by atoms with Crippen LogP contribution in [0.1, 0.15) is 11.3 Å². The molecule has 0 saturated heterocycles. The summed E-state index contributed by atoms with van der Waals surface area (Å²) in [4.78, 5) is 0. The van der Waals surface area contributed by atoms with E-state index in [1.54, 1.807) is 12.3 Å². The Morgan fingerprint density at radius 1 is 1.25 bits per heavy atom. The summed E-state index contributed by atoms with van der Waals surface area (Å²) in [6.07, 6.45) is 1.61. The van der Waals surface area contributed by atoms with E-state index >= 15 is 0 Å². The van der Waals surface area contributed by atoms with Gasteiger partial charge in [-0.3, -0.25) is 0 Å². The molecule has 0 bridgehead atoms. The van der Waals surface area contributed by atoms with Gasteiger partial charge in [-0.2, -0.15) is 0 Å². The van der Waals surface area contributed by atoms with Gasteiger partial charge in [-0.1, -0.05) is 11.6 Å². The molecule has 0 fully saturated rings. The molecule has 84 valence electrons. The van der Waals surface area contributed by atoms with E-state index in [1.807, 2.05) is 12.1 Å². The Hall–Kier alpha value is -1.32. The van der Waals surface area contributed by atoms with E-state index in [2.05, 4.69) is 5.32 Å². The van der Waals surface area contributed by atoms with Crippen LogP contribution in [-0.2, 0) is 13.1 Å². The van der Waals surface area contributed by atoms with E-state index in [1.165, 1.54) is 12.1 Å². The maximum absolute atomic E-state index is 13.3. The van der Waals surface area contributed by atoms with E-state index in [-0.39, 0.29) is 5.82 Å². The molecule has 2 aromatic rings. The second-order valence-electron chi connectivity index (χ2n) is 3.42. The van der Waals surface area contributed by atoms with Gasteiger partial charge in [-0.05, 0) is 30.3 Å². The smallest absolute Gasteiger partial charge is 0.127 e. The van der Waals surface area contributed by atoms with Crippen LogP contribution < -0.4 is 5.32 Å². The van der Waals surface area contributed by atoms with Crippen molar-refractivity contribution in [2.75, 3.05) is 0 Å². The normalized spacial score (nSPS) is 10.6. The Kier molecular flexibility index (Phi) is 3.59. The number of nitrogens with one attached hydrogen (secondary N) is 1. The topological polar surface area (TPSA) is 25.2 Å². The Morgan fingerprint density at radius 3 is 2.88 bits per heavy atom. The standard InChI is InChI=1S/C12H11ClFNO/c13-10-3-4-12(14)9(6-10)7-15-8-11-2-1-5-16-11/h1-6,15H,7-8H2. The number of rotatable bonds is 4. The first-order valence-corrected chi connectivity index (χ1v) is 5.30. The molecule has 16 heavy (non-hydrogen) atoms. The van der Waals surface area contributed by atoms with Crippen LogP contribution in [0.15, 0.2) is 41.0 Å². The summed E-state index contributed by atoms with van der Waals surface area (Å²) >= 11 is 5.78. The van der Waals surface area contributed by atoms with Gasteiger partial charge in [0.2, 0.25) is 0 Å². The summed E-state index contributed by atoms with van der Waals surface area (Å²) in [5.74, 6) is 0.568. The highest BCUT2D eigenvalue weighted by Gasteiger charge is 2.03. The van der Waals surface area contributed by atoms with Crippen molar-refractivity contribution in [3.8, 4) is 0 Å². The molecule has 0 unspecified atom stereocenters. The molecule has 0 aliphatic carbocycles. The van der Waals surface area contributed by atoms with Crippen LogP contribution in [0.5, 0.6) is 0 Å². The second-order valence-corrected chi connectivity index (χ2v) is 3.86. The highest BCUT2D eigenvalue weighted by atomic mass is 35.5. The summed E-state index contributed by atoms with van der Waals surface area (Å²) in [5, 5.41) is 3.62. The van der Waals surface area contributed by atoms with Gasteiger partial charge in [-0.25, -0.2) is 4.39 Å². The number of hydrogen-bond donors (Lipinski definition) is 1. The molecule has 2 nitrogen and oxygen atoms in total. The summed E-state index contributed by atoms with van der Waals surface area (Å²) in [7, 11) is 0. The predicted molar refractivity (Wildman–Crippen MR) is 60.7 cm³/mol. The van der Waals surface area contributed by atoms with E-state index in [0.717, 1.165) is 5.76 Å². The summed E-state index contributed by atoms with van der Waals surface area (Å²) < 4.78 is 18.5. The molecule has 1 aromatic heterocycles. The third-order valence-electron chi connectivity index (χ3n) is 2.20. The van der Waals surface area contributed by atoms with Gasteiger partial charge in [0.05, 0.1) is 12.8 Å². The molecule has 2 rings (SSSR count). The monoisotopic (exact) mass is 239 g/mol. The first kappa shape index (κ1) is 11.2. The van der Waals surface area contributed by atoms with Gasteiger partial charge in [0.15, 0.2) is 0 Å². The number of hydrogen-bond acceptors (Lipinski definition) is 2. The van der Waals surface area contributed by atoms with E-state index in [9.17, 15) is 4.39 Å². The Bertz CT molecular complexity index is 456. The van der Waals surface area contributed by atoms with Gasteiger partial charge in [0.1, 0.15) is 11.6 Å². The minimum absolute atomic E-state index is 0.253. The van der Waals surface area contributed by atoms with Crippen molar-refractivity contribution < 1.29 is 8.81 Å². The van der Waals surface area contributed by atoms with Crippen molar-refractivity contribution in [2.45, 2.75) is 13.1 Å². The molecule has 0 aliphatic heterocycles. The molecular weight excluding hydrogens is 229 g/mol. The van der Waals surface area contributed by atoms with E-state index in [0.29, 0.717) is 23.7 Å². The van der Waals surface area contributed by atoms with Crippen LogP contribution in [0, 0.1) is 5.82 Å². The molecule has 1 N–H and O–H groups in total. The first-order valence-electron chi connectivity index (χ1n) is 4.93. The molecule has 0 saturated carbocycles. The van der Waals surface area contributed by atoms with Crippen molar-refractivity contribution in [1.29, 1.82) is 0 Å². The minimum Gasteiger partial charge on any atom is -0.468 e. The van der Waals surface area contributed by atoms with Crippen LogP contribution in [0.2, 0.25) is 5.02 Å². The lowest BCUT2D eigenvalue weighted by Gasteiger charge is -2.04. The second kappa shape index (κ2) is 5.14. The van der Waals surface area contributed by atoms with Gasteiger partial charge in [-0.15, -0.1) is 0 Å².